The number of halogens is 1. The molecular formula is C21H23FN4O2. The Morgan fingerprint density at radius 3 is 3.00 bits per heavy atom. The summed E-state index contributed by atoms with van der Waals surface area (Å²) in [6.07, 6.45) is 4.66. The van der Waals surface area contributed by atoms with Gasteiger partial charge in [-0.15, -0.1) is 0 Å². The van der Waals surface area contributed by atoms with Crippen LogP contribution in [-0.4, -0.2) is 28.3 Å². The van der Waals surface area contributed by atoms with Crippen LogP contribution in [0.2, 0.25) is 0 Å². The highest BCUT2D eigenvalue weighted by molar-refractivity contribution is 5.81. The van der Waals surface area contributed by atoms with Gasteiger partial charge in [0.15, 0.2) is 5.76 Å². The van der Waals surface area contributed by atoms with Crippen LogP contribution in [0.3, 0.4) is 0 Å². The molecule has 146 valence electrons. The summed E-state index contributed by atoms with van der Waals surface area (Å²) < 4.78 is 21.0. The molecule has 0 saturated carbocycles. The number of rotatable bonds is 5. The van der Waals surface area contributed by atoms with Crippen molar-refractivity contribution in [1.82, 2.24) is 20.4 Å². The summed E-state index contributed by atoms with van der Waals surface area (Å²) in [5, 5.41) is 10.9. The molecule has 3 heterocycles. The van der Waals surface area contributed by atoms with Crippen LogP contribution in [0, 0.1) is 12.7 Å². The molecule has 1 saturated heterocycles. The number of carbonyl (C=O) groups excluding carboxylic acids is 1. The smallest absolute Gasteiger partial charge is 0.237 e. The van der Waals surface area contributed by atoms with E-state index in [-0.39, 0.29) is 17.8 Å². The Bertz CT molecular complexity index is 978. The Hall–Kier alpha value is -2.93. The molecule has 0 unspecified atom stereocenters. The lowest BCUT2D eigenvalue weighted by molar-refractivity contribution is -0.122. The minimum atomic E-state index is -0.321. The second-order valence-corrected chi connectivity index (χ2v) is 7.06. The number of benzene rings is 1. The summed E-state index contributed by atoms with van der Waals surface area (Å²) >= 11 is 0. The average Bonchev–Trinajstić information content (AvgIpc) is 3.24. The van der Waals surface area contributed by atoms with Crippen molar-refractivity contribution in [2.45, 2.75) is 38.8 Å². The number of amides is 1. The van der Waals surface area contributed by atoms with Crippen LogP contribution in [0.1, 0.15) is 30.6 Å². The molecule has 1 atom stereocenters. The first kappa shape index (κ1) is 18.4. The molecule has 0 radical (unpaired) electrons. The minimum absolute atomic E-state index is 0.0328. The van der Waals surface area contributed by atoms with E-state index < -0.39 is 0 Å². The maximum absolute atomic E-state index is 13.6. The molecule has 0 bridgehead atoms. The van der Waals surface area contributed by atoms with Crippen molar-refractivity contribution in [2.24, 2.45) is 0 Å². The van der Waals surface area contributed by atoms with E-state index in [9.17, 15) is 9.18 Å². The molecule has 1 fully saturated rings. The average molecular weight is 382 g/mol. The van der Waals surface area contributed by atoms with E-state index in [1.54, 1.807) is 16.8 Å². The molecule has 1 aliphatic heterocycles. The minimum Gasteiger partial charge on any atom is -0.460 e. The highest BCUT2D eigenvalue weighted by Crippen LogP contribution is 2.26. The van der Waals surface area contributed by atoms with Crippen molar-refractivity contribution >= 4 is 5.91 Å². The molecule has 2 aromatic heterocycles. The second-order valence-electron chi connectivity index (χ2n) is 7.06. The number of furan rings is 1. The highest BCUT2D eigenvalue weighted by Gasteiger charge is 2.22. The number of nitrogens with zero attached hydrogens (tertiary/aromatic N) is 2. The van der Waals surface area contributed by atoms with E-state index in [0.717, 1.165) is 37.1 Å². The zero-order valence-electron chi connectivity index (χ0n) is 15.7. The topological polar surface area (TPSA) is 72.1 Å². The highest BCUT2D eigenvalue weighted by atomic mass is 19.1. The van der Waals surface area contributed by atoms with Gasteiger partial charge in [-0.3, -0.25) is 4.79 Å². The fraction of sp³-hybridized carbons (Fsp3) is 0.333. The number of aryl methyl sites for hydroxylation is 1. The van der Waals surface area contributed by atoms with Gasteiger partial charge >= 0.3 is 0 Å². The first-order valence-electron chi connectivity index (χ1n) is 9.52. The van der Waals surface area contributed by atoms with E-state index in [2.05, 4.69) is 15.7 Å². The third kappa shape index (κ3) is 3.99. The molecule has 3 aromatic rings. The molecule has 7 heteroatoms. The van der Waals surface area contributed by atoms with Gasteiger partial charge in [0.2, 0.25) is 5.91 Å². The Labute approximate surface area is 162 Å². The summed E-state index contributed by atoms with van der Waals surface area (Å²) in [7, 11) is 0. The van der Waals surface area contributed by atoms with Crippen LogP contribution in [0.5, 0.6) is 0 Å². The maximum Gasteiger partial charge on any atom is 0.237 e. The third-order valence-corrected chi connectivity index (χ3v) is 4.91. The van der Waals surface area contributed by atoms with Crippen LogP contribution < -0.4 is 10.6 Å². The Balaban J connectivity index is 1.63. The number of carbonyl (C=O) groups is 1. The van der Waals surface area contributed by atoms with E-state index in [1.165, 1.54) is 12.1 Å². The zero-order chi connectivity index (χ0) is 19.5. The Morgan fingerprint density at radius 1 is 1.32 bits per heavy atom. The van der Waals surface area contributed by atoms with Gasteiger partial charge in [-0.05, 0) is 56.5 Å². The van der Waals surface area contributed by atoms with Crippen LogP contribution in [0.15, 0.2) is 47.0 Å². The van der Waals surface area contributed by atoms with Gasteiger partial charge in [-0.2, -0.15) is 5.10 Å². The number of hydrogen-bond donors (Lipinski definition) is 2. The van der Waals surface area contributed by atoms with Gasteiger partial charge < -0.3 is 15.1 Å². The second kappa shape index (κ2) is 7.98. The van der Waals surface area contributed by atoms with Crippen LogP contribution in [0.25, 0.3) is 17.1 Å². The predicted octanol–water partition coefficient (Wildman–Crippen LogP) is 3.34. The fourth-order valence-electron chi connectivity index (χ4n) is 3.43. The maximum atomic E-state index is 13.6. The summed E-state index contributed by atoms with van der Waals surface area (Å²) in [6, 6.07) is 9.80. The van der Waals surface area contributed by atoms with Gasteiger partial charge in [0.1, 0.15) is 17.3 Å². The Kier molecular flexibility index (Phi) is 5.25. The van der Waals surface area contributed by atoms with Gasteiger partial charge in [-0.1, -0.05) is 6.07 Å². The standard InChI is InChI=1S/C21H23FN4O2/c1-14-8-9-19(28-14)20-15(12-24-18-7-2-3-10-23-21(18)27)13-26(25-20)17-6-4-5-16(22)11-17/h4-6,8-9,11,13,18,24H,2-3,7,10,12H2,1H3,(H,23,27)/t18-/m0/s1. The molecule has 28 heavy (non-hydrogen) atoms. The SMILES string of the molecule is Cc1ccc(-c2nn(-c3cccc(F)c3)cc2CN[C@H]2CCCCNC2=O)o1. The van der Waals surface area contributed by atoms with Crippen molar-refractivity contribution < 1.29 is 13.6 Å². The zero-order valence-corrected chi connectivity index (χ0v) is 15.7. The lowest BCUT2D eigenvalue weighted by Gasteiger charge is -2.14. The van der Waals surface area contributed by atoms with Crippen LogP contribution in [-0.2, 0) is 11.3 Å². The molecule has 1 aromatic carbocycles. The molecule has 0 aliphatic carbocycles. The van der Waals surface area contributed by atoms with Gasteiger partial charge in [0, 0.05) is 24.8 Å². The number of hydrogen-bond acceptors (Lipinski definition) is 4. The number of aromatic nitrogens is 2. The first-order chi connectivity index (χ1) is 13.6. The van der Waals surface area contributed by atoms with E-state index in [0.29, 0.717) is 23.7 Å². The van der Waals surface area contributed by atoms with Crippen molar-refractivity contribution in [3.05, 3.63) is 59.7 Å². The quantitative estimate of drug-likeness (QED) is 0.710. The van der Waals surface area contributed by atoms with Crippen molar-refractivity contribution in [1.29, 1.82) is 0 Å². The number of nitrogens with one attached hydrogen (secondary N) is 2. The predicted molar refractivity (Wildman–Crippen MR) is 103 cm³/mol. The molecule has 1 amide bonds. The van der Waals surface area contributed by atoms with E-state index in [1.807, 2.05) is 25.3 Å². The van der Waals surface area contributed by atoms with Crippen molar-refractivity contribution in [3.63, 3.8) is 0 Å². The first-order valence-corrected chi connectivity index (χ1v) is 9.52. The molecule has 6 nitrogen and oxygen atoms in total. The fourth-order valence-corrected chi connectivity index (χ4v) is 3.43. The molecular weight excluding hydrogens is 359 g/mol. The molecule has 0 spiro atoms. The monoisotopic (exact) mass is 382 g/mol. The summed E-state index contributed by atoms with van der Waals surface area (Å²) in [5.41, 5.74) is 2.19. The van der Waals surface area contributed by atoms with Gasteiger partial charge in [0.25, 0.3) is 0 Å². The molecule has 2 N–H and O–H groups in total. The summed E-state index contributed by atoms with van der Waals surface area (Å²) in [6.45, 7) is 3.06. The van der Waals surface area contributed by atoms with E-state index in [4.69, 9.17) is 4.42 Å². The largest absolute Gasteiger partial charge is 0.460 e. The van der Waals surface area contributed by atoms with Gasteiger partial charge in [0.05, 0.1) is 11.7 Å². The van der Waals surface area contributed by atoms with Gasteiger partial charge in [-0.25, -0.2) is 9.07 Å². The third-order valence-electron chi connectivity index (χ3n) is 4.91. The van der Waals surface area contributed by atoms with Crippen LogP contribution >= 0.6 is 0 Å². The molecule has 1 aliphatic rings. The summed E-state index contributed by atoms with van der Waals surface area (Å²) in [4.78, 5) is 12.2. The Morgan fingerprint density at radius 2 is 2.21 bits per heavy atom. The lowest BCUT2D eigenvalue weighted by Crippen LogP contribution is -2.42. The summed E-state index contributed by atoms with van der Waals surface area (Å²) in [5.74, 6) is 1.15. The lowest BCUT2D eigenvalue weighted by atomic mass is 10.1. The van der Waals surface area contributed by atoms with Crippen LogP contribution in [0.4, 0.5) is 4.39 Å². The normalized spacial score (nSPS) is 17.4. The van der Waals surface area contributed by atoms with Crippen molar-refractivity contribution in [2.75, 3.05) is 6.54 Å². The van der Waals surface area contributed by atoms with Crippen molar-refractivity contribution in [3.8, 4) is 17.1 Å². The van der Waals surface area contributed by atoms with E-state index >= 15 is 0 Å². The molecule has 4 rings (SSSR count).